The molecule has 1 aromatic heterocycles. The highest BCUT2D eigenvalue weighted by molar-refractivity contribution is 6.42. The molecule has 5 heteroatoms. The zero-order chi connectivity index (χ0) is 15.5. The highest BCUT2D eigenvalue weighted by Crippen LogP contribution is 2.29. The Morgan fingerprint density at radius 2 is 1.73 bits per heavy atom. The first-order valence-corrected chi connectivity index (χ1v) is 8.42. The van der Waals surface area contributed by atoms with Gasteiger partial charge in [-0.15, -0.1) is 11.6 Å². The SMILES string of the molecule is ClCCCc1nc2cc(Cl)c(Cl)cc2n1Cc1ccccc1. The number of rotatable bonds is 5. The summed E-state index contributed by atoms with van der Waals surface area (Å²) in [6.45, 7) is 0.757. The molecule has 114 valence electrons. The van der Waals surface area contributed by atoms with Crippen LogP contribution in [0.1, 0.15) is 17.8 Å². The lowest BCUT2D eigenvalue weighted by atomic mass is 10.2. The minimum Gasteiger partial charge on any atom is -0.323 e. The summed E-state index contributed by atoms with van der Waals surface area (Å²) >= 11 is 18.1. The summed E-state index contributed by atoms with van der Waals surface area (Å²) in [6.07, 6.45) is 1.72. The molecule has 0 spiro atoms. The molecule has 0 aliphatic carbocycles. The van der Waals surface area contributed by atoms with E-state index in [1.54, 1.807) is 0 Å². The third kappa shape index (κ3) is 3.24. The highest BCUT2D eigenvalue weighted by Gasteiger charge is 2.13. The smallest absolute Gasteiger partial charge is 0.110 e. The fraction of sp³-hybridized carbons (Fsp3) is 0.235. The Labute approximate surface area is 144 Å². The van der Waals surface area contributed by atoms with Crippen LogP contribution in [-0.4, -0.2) is 15.4 Å². The second-order valence-electron chi connectivity index (χ2n) is 5.15. The molecule has 0 bridgehead atoms. The number of halogens is 3. The summed E-state index contributed by atoms with van der Waals surface area (Å²) in [5.41, 5.74) is 3.10. The maximum absolute atomic E-state index is 6.18. The summed E-state index contributed by atoms with van der Waals surface area (Å²) < 4.78 is 2.19. The van der Waals surface area contributed by atoms with Crippen molar-refractivity contribution in [2.24, 2.45) is 0 Å². The second-order valence-corrected chi connectivity index (χ2v) is 6.34. The van der Waals surface area contributed by atoms with Crippen molar-refractivity contribution >= 4 is 45.8 Å². The van der Waals surface area contributed by atoms with Crippen LogP contribution in [-0.2, 0) is 13.0 Å². The van der Waals surface area contributed by atoms with Gasteiger partial charge in [0.2, 0.25) is 0 Å². The number of aryl methyl sites for hydroxylation is 1. The zero-order valence-corrected chi connectivity index (χ0v) is 14.2. The molecule has 0 amide bonds. The average Bonchev–Trinajstić information content (AvgIpc) is 2.84. The number of imidazole rings is 1. The van der Waals surface area contributed by atoms with E-state index in [-0.39, 0.29) is 0 Å². The van der Waals surface area contributed by atoms with Crippen molar-refractivity contribution in [3.8, 4) is 0 Å². The van der Waals surface area contributed by atoms with Crippen LogP contribution in [0.3, 0.4) is 0 Å². The number of hydrogen-bond donors (Lipinski definition) is 0. The van der Waals surface area contributed by atoms with Crippen molar-refractivity contribution in [1.29, 1.82) is 0 Å². The zero-order valence-electron chi connectivity index (χ0n) is 11.9. The highest BCUT2D eigenvalue weighted by atomic mass is 35.5. The molecule has 1 heterocycles. The van der Waals surface area contributed by atoms with E-state index in [0.717, 1.165) is 36.2 Å². The molecule has 0 N–H and O–H groups in total. The number of aromatic nitrogens is 2. The summed E-state index contributed by atoms with van der Waals surface area (Å²) in [7, 11) is 0. The number of nitrogens with zero attached hydrogens (tertiary/aromatic N) is 2. The van der Waals surface area contributed by atoms with E-state index in [0.29, 0.717) is 15.9 Å². The van der Waals surface area contributed by atoms with E-state index in [1.165, 1.54) is 5.56 Å². The van der Waals surface area contributed by atoms with Crippen molar-refractivity contribution in [3.05, 3.63) is 63.9 Å². The Morgan fingerprint density at radius 3 is 2.45 bits per heavy atom. The van der Waals surface area contributed by atoms with Crippen molar-refractivity contribution in [2.75, 3.05) is 5.88 Å². The monoisotopic (exact) mass is 352 g/mol. The summed E-state index contributed by atoms with van der Waals surface area (Å²) in [6, 6.07) is 14.0. The molecule has 0 saturated carbocycles. The summed E-state index contributed by atoms with van der Waals surface area (Å²) in [4.78, 5) is 4.71. The third-order valence-corrected chi connectivity index (χ3v) is 4.58. The largest absolute Gasteiger partial charge is 0.323 e. The van der Waals surface area contributed by atoms with Crippen LogP contribution < -0.4 is 0 Å². The first kappa shape index (κ1) is 15.7. The van der Waals surface area contributed by atoms with Gasteiger partial charge in [-0.05, 0) is 24.1 Å². The van der Waals surface area contributed by atoms with Gasteiger partial charge in [0.05, 0.1) is 21.1 Å². The Balaban J connectivity index is 2.09. The Kier molecular flexibility index (Phi) is 4.92. The number of benzene rings is 2. The molecule has 2 nitrogen and oxygen atoms in total. The fourth-order valence-electron chi connectivity index (χ4n) is 2.53. The molecule has 0 atom stereocenters. The molecule has 0 aliphatic heterocycles. The van der Waals surface area contributed by atoms with Gasteiger partial charge in [-0.1, -0.05) is 53.5 Å². The van der Waals surface area contributed by atoms with Crippen molar-refractivity contribution in [1.82, 2.24) is 9.55 Å². The van der Waals surface area contributed by atoms with Crippen LogP contribution in [0, 0.1) is 0 Å². The van der Waals surface area contributed by atoms with Crippen molar-refractivity contribution < 1.29 is 0 Å². The molecule has 22 heavy (non-hydrogen) atoms. The van der Waals surface area contributed by atoms with Gasteiger partial charge in [-0.2, -0.15) is 0 Å². The normalized spacial score (nSPS) is 11.2. The molecule has 0 saturated heterocycles. The van der Waals surface area contributed by atoms with Gasteiger partial charge >= 0.3 is 0 Å². The first-order valence-electron chi connectivity index (χ1n) is 7.13. The standard InChI is InChI=1S/C17H15Cl3N2/c18-8-4-7-17-21-15-9-13(19)14(20)10-16(15)22(17)11-12-5-2-1-3-6-12/h1-3,5-6,9-10H,4,7-8,11H2. The van der Waals surface area contributed by atoms with E-state index in [9.17, 15) is 0 Å². The minimum absolute atomic E-state index is 0.530. The van der Waals surface area contributed by atoms with Crippen LogP contribution in [0.4, 0.5) is 0 Å². The summed E-state index contributed by atoms with van der Waals surface area (Å²) in [5, 5.41) is 1.08. The predicted octanol–water partition coefficient (Wildman–Crippen LogP) is 5.56. The van der Waals surface area contributed by atoms with Crippen LogP contribution in [0.5, 0.6) is 0 Å². The average molecular weight is 354 g/mol. The minimum atomic E-state index is 0.530. The molecule has 0 fully saturated rings. The first-order chi connectivity index (χ1) is 10.7. The van der Waals surface area contributed by atoms with Crippen LogP contribution in [0.2, 0.25) is 10.0 Å². The van der Waals surface area contributed by atoms with Gasteiger partial charge in [-0.3, -0.25) is 0 Å². The predicted molar refractivity (Wildman–Crippen MR) is 94.3 cm³/mol. The Bertz CT molecular complexity index is 781. The lowest BCUT2D eigenvalue weighted by molar-refractivity contribution is 0.723. The van der Waals surface area contributed by atoms with Gasteiger partial charge in [0.25, 0.3) is 0 Å². The molecule has 0 unspecified atom stereocenters. The van der Waals surface area contributed by atoms with Crippen molar-refractivity contribution in [2.45, 2.75) is 19.4 Å². The maximum Gasteiger partial charge on any atom is 0.110 e. The Morgan fingerprint density at radius 1 is 1.00 bits per heavy atom. The van der Waals surface area contributed by atoms with Crippen LogP contribution >= 0.6 is 34.8 Å². The lowest BCUT2D eigenvalue weighted by Gasteiger charge is -2.09. The van der Waals surface area contributed by atoms with Gasteiger partial charge in [0.15, 0.2) is 0 Å². The molecule has 3 aromatic rings. The molecular weight excluding hydrogens is 339 g/mol. The number of hydrogen-bond acceptors (Lipinski definition) is 1. The molecule has 0 aliphatic rings. The lowest BCUT2D eigenvalue weighted by Crippen LogP contribution is -2.05. The quantitative estimate of drug-likeness (QED) is 0.549. The Hall–Kier alpha value is -1.22. The summed E-state index contributed by atoms with van der Waals surface area (Å²) in [5.74, 6) is 1.63. The van der Waals surface area contributed by atoms with E-state index >= 15 is 0 Å². The van der Waals surface area contributed by atoms with Gasteiger partial charge in [0, 0.05) is 18.8 Å². The van der Waals surface area contributed by atoms with E-state index in [1.807, 2.05) is 30.3 Å². The van der Waals surface area contributed by atoms with Gasteiger partial charge < -0.3 is 4.57 Å². The molecule has 0 radical (unpaired) electrons. The van der Waals surface area contributed by atoms with Crippen LogP contribution in [0.25, 0.3) is 11.0 Å². The molecule has 3 rings (SSSR count). The second kappa shape index (κ2) is 6.91. The maximum atomic E-state index is 6.18. The van der Waals surface area contributed by atoms with E-state index in [4.69, 9.17) is 39.8 Å². The molecule has 2 aromatic carbocycles. The number of fused-ring (bicyclic) bond motifs is 1. The topological polar surface area (TPSA) is 17.8 Å². The third-order valence-electron chi connectivity index (χ3n) is 3.59. The van der Waals surface area contributed by atoms with Gasteiger partial charge in [0.1, 0.15) is 5.82 Å². The van der Waals surface area contributed by atoms with Gasteiger partial charge in [-0.25, -0.2) is 4.98 Å². The van der Waals surface area contributed by atoms with E-state index in [2.05, 4.69) is 16.7 Å². The van der Waals surface area contributed by atoms with Crippen LogP contribution in [0.15, 0.2) is 42.5 Å². The molecular formula is C17H15Cl3N2. The fourth-order valence-corrected chi connectivity index (χ4v) is 2.98. The van der Waals surface area contributed by atoms with Crippen molar-refractivity contribution in [3.63, 3.8) is 0 Å². The van der Waals surface area contributed by atoms with E-state index < -0.39 is 0 Å². The number of alkyl halides is 1.